The number of nitrogens with one attached hydrogen (secondary N) is 1. The average molecular weight is 259 g/mol. The normalized spacial score (nSPS) is 10.2. The molecule has 0 aliphatic heterocycles. The van der Waals surface area contributed by atoms with Crippen molar-refractivity contribution in [3.63, 3.8) is 0 Å². The van der Waals surface area contributed by atoms with Crippen LogP contribution in [0.4, 0.5) is 5.82 Å². The molecule has 3 heteroatoms. The molecule has 1 heterocycles. The highest BCUT2D eigenvalue weighted by atomic mass is 15.1. The monoisotopic (exact) mass is 259 g/mol. The molecule has 0 amide bonds. The molecule has 0 aliphatic rings. The number of pyridine rings is 1. The van der Waals surface area contributed by atoms with Gasteiger partial charge in [0.1, 0.15) is 5.82 Å². The molecular formula is C16H25N3. The molecule has 1 aromatic carbocycles. The van der Waals surface area contributed by atoms with Crippen LogP contribution in [0.1, 0.15) is 19.4 Å². The fraction of sp³-hybridized carbons (Fsp3) is 0.438. The van der Waals surface area contributed by atoms with E-state index in [1.165, 1.54) is 16.3 Å². The second-order valence-electron chi connectivity index (χ2n) is 4.56. The Balaban J connectivity index is 0.000000861. The molecule has 19 heavy (non-hydrogen) atoms. The second-order valence-corrected chi connectivity index (χ2v) is 4.56. The summed E-state index contributed by atoms with van der Waals surface area (Å²) >= 11 is 0. The van der Waals surface area contributed by atoms with Crippen molar-refractivity contribution in [1.29, 1.82) is 0 Å². The Labute approximate surface area is 116 Å². The molecule has 0 unspecified atom stereocenters. The first-order valence-corrected chi connectivity index (χ1v) is 6.91. The molecule has 2 rings (SSSR count). The van der Waals surface area contributed by atoms with Gasteiger partial charge in [0.2, 0.25) is 0 Å². The van der Waals surface area contributed by atoms with Crippen LogP contribution in [0.25, 0.3) is 10.8 Å². The molecule has 0 saturated carbocycles. The van der Waals surface area contributed by atoms with E-state index in [9.17, 15) is 0 Å². The third-order valence-corrected chi connectivity index (χ3v) is 2.88. The van der Waals surface area contributed by atoms with Crippen LogP contribution >= 0.6 is 0 Å². The Morgan fingerprint density at radius 3 is 2.53 bits per heavy atom. The lowest BCUT2D eigenvalue weighted by molar-refractivity contribution is 0.425. The van der Waals surface area contributed by atoms with Crippen molar-refractivity contribution in [3.05, 3.63) is 36.0 Å². The lowest BCUT2D eigenvalue weighted by Crippen LogP contribution is -2.21. The van der Waals surface area contributed by atoms with Gasteiger partial charge in [0, 0.05) is 24.7 Å². The summed E-state index contributed by atoms with van der Waals surface area (Å²) < 4.78 is 0. The molecule has 0 atom stereocenters. The highest BCUT2D eigenvalue weighted by molar-refractivity contribution is 5.93. The number of aromatic nitrogens is 1. The standard InChI is InChI=1S/C14H19N3.C2H6/c1-11-5-4-6-13-12(11)7-8-15-14(13)16-9-10-17(2)3;1-2/h4-8H,9-10H2,1-3H3,(H,15,16);1-2H3. The molecule has 1 aromatic heterocycles. The summed E-state index contributed by atoms with van der Waals surface area (Å²) in [6.07, 6.45) is 1.87. The third-order valence-electron chi connectivity index (χ3n) is 2.88. The van der Waals surface area contributed by atoms with E-state index in [1.54, 1.807) is 0 Å². The molecule has 0 fully saturated rings. The Hall–Kier alpha value is -1.61. The minimum Gasteiger partial charge on any atom is -0.368 e. The zero-order valence-electron chi connectivity index (χ0n) is 12.7. The van der Waals surface area contributed by atoms with E-state index in [4.69, 9.17) is 0 Å². The summed E-state index contributed by atoms with van der Waals surface area (Å²) in [6, 6.07) is 8.40. The van der Waals surface area contributed by atoms with Crippen LogP contribution in [0.15, 0.2) is 30.5 Å². The van der Waals surface area contributed by atoms with E-state index in [0.717, 1.165) is 18.9 Å². The number of rotatable bonds is 4. The maximum Gasteiger partial charge on any atom is 0.133 e. The van der Waals surface area contributed by atoms with E-state index in [0.29, 0.717) is 0 Å². The van der Waals surface area contributed by atoms with Crippen LogP contribution in [0.2, 0.25) is 0 Å². The van der Waals surface area contributed by atoms with E-state index < -0.39 is 0 Å². The van der Waals surface area contributed by atoms with Crippen LogP contribution in [-0.2, 0) is 0 Å². The number of nitrogens with zero attached hydrogens (tertiary/aromatic N) is 2. The molecule has 0 bridgehead atoms. The van der Waals surface area contributed by atoms with Crippen molar-refractivity contribution < 1.29 is 0 Å². The summed E-state index contributed by atoms with van der Waals surface area (Å²) in [5, 5.41) is 5.87. The van der Waals surface area contributed by atoms with E-state index >= 15 is 0 Å². The van der Waals surface area contributed by atoms with Gasteiger partial charge < -0.3 is 10.2 Å². The fourth-order valence-electron chi connectivity index (χ4n) is 1.90. The lowest BCUT2D eigenvalue weighted by atomic mass is 10.1. The summed E-state index contributed by atoms with van der Waals surface area (Å²) in [6.45, 7) is 8.04. The van der Waals surface area contributed by atoms with Crippen LogP contribution in [0, 0.1) is 6.92 Å². The quantitative estimate of drug-likeness (QED) is 0.910. The Morgan fingerprint density at radius 1 is 1.11 bits per heavy atom. The number of anilines is 1. The highest BCUT2D eigenvalue weighted by Crippen LogP contribution is 2.23. The van der Waals surface area contributed by atoms with E-state index in [2.05, 4.69) is 60.5 Å². The summed E-state index contributed by atoms with van der Waals surface area (Å²) in [7, 11) is 4.14. The van der Waals surface area contributed by atoms with E-state index in [1.807, 2.05) is 20.0 Å². The maximum atomic E-state index is 4.42. The molecular weight excluding hydrogens is 234 g/mol. The SMILES string of the molecule is CC.Cc1cccc2c(NCCN(C)C)nccc12. The molecule has 1 N–H and O–H groups in total. The summed E-state index contributed by atoms with van der Waals surface area (Å²) in [5.74, 6) is 0.980. The number of hydrogen-bond donors (Lipinski definition) is 1. The Morgan fingerprint density at radius 2 is 1.84 bits per heavy atom. The highest BCUT2D eigenvalue weighted by Gasteiger charge is 2.03. The second kappa shape index (κ2) is 7.74. The van der Waals surface area contributed by atoms with Gasteiger partial charge in [-0.15, -0.1) is 0 Å². The van der Waals surface area contributed by atoms with Gasteiger partial charge >= 0.3 is 0 Å². The first kappa shape index (κ1) is 15.4. The largest absolute Gasteiger partial charge is 0.368 e. The predicted molar refractivity (Wildman–Crippen MR) is 84.9 cm³/mol. The number of likely N-dealkylation sites (N-methyl/N-ethyl adjacent to an activating group) is 1. The van der Waals surface area contributed by atoms with Gasteiger partial charge in [-0.05, 0) is 38.0 Å². The molecule has 0 saturated heterocycles. The van der Waals surface area contributed by atoms with Crippen molar-refractivity contribution in [2.24, 2.45) is 0 Å². The summed E-state index contributed by atoms with van der Waals surface area (Å²) in [4.78, 5) is 6.57. The Kier molecular flexibility index (Phi) is 6.30. The number of aryl methyl sites for hydroxylation is 1. The van der Waals surface area contributed by atoms with Gasteiger partial charge in [-0.25, -0.2) is 4.98 Å². The van der Waals surface area contributed by atoms with Crippen molar-refractivity contribution in [3.8, 4) is 0 Å². The molecule has 3 nitrogen and oxygen atoms in total. The number of benzene rings is 1. The topological polar surface area (TPSA) is 28.2 Å². The molecule has 0 spiro atoms. The van der Waals surface area contributed by atoms with Crippen LogP contribution < -0.4 is 5.32 Å². The third kappa shape index (κ3) is 4.21. The minimum atomic E-state index is 0.910. The summed E-state index contributed by atoms with van der Waals surface area (Å²) in [5.41, 5.74) is 1.29. The average Bonchev–Trinajstić information content (AvgIpc) is 2.42. The molecule has 0 aliphatic carbocycles. The van der Waals surface area contributed by atoms with E-state index in [-0.39, 0.29) is 0 Å². The number of hydrogen-bond acceptors (Lipinski definition) is 3. The smallest absolute Gasteiger partial charge is 0.133 e. The van der Waals surface area contributed by atoms with Crippen LogP contribution in [0.3, 0.4) is 0 Å². The zero-order chi connectivity index (χ0) is 14.3. The zero-order valence-corrected chi connectivity index (χ0v) is 12.7. The molecule has 0 radical (unpaired) electrons. The van der Waals surface area contributed by atoms with Gasteiger partial charge in [0.25, 0.3) is 0 Å². The minimum absolute atomic E-state index is 0.910. The van der Waals surface area contributed by atoms with Crippen LogP contribution in [0.5, 0.6) is 0 Å². The van der Waals surface area contributed by atoms with Crippen molar-refractivity contribution >= 4 is 16.6 Å². The van der Waals surface area contributed by atoms with Gasteiger partial charge in [0.05, 0.1) is 0 Å². The van der Waals surface area contributed by atoms with Crippen molar-refractivity contribution in [1.82, 2.24) is 9.88 Å². The van der Waals surface area contributed by atoms with Gasteiger partial charge in [-0.3, -0.25) is 0 Å². The maximum absolute atomic E-state index is 4.42. The van der Waals surface area contributed by atoms with Gasteiger partial charge in [0.15, 0.2) is 0 Å². The Bertz CT molecular complexity index is 506. The predicted octanol–water partition coefficient (Wildman–Crippen LogP) is 3.54. The number of fused-ring (bicyclic) bond motifs is 1. The van der Waals surface area contributed by atoms with Gasteiger partial charge in [-0.2, -0.15) is 0 Å². The first-order valence-electron chi connectivity index (χ1n) is 6.91. The molecule has 2 aromatic rings. The van der Waals surface area contributed by atoms with Crippen molar-refractivity contribution in [2.45, 2.75) is 20.8 Å². The van der Waals surface area contributed by atoms with Gasteiger partial charge in [-0.1, -0.05) is 32.0 Å². The lowest BCUT2D eigenvalue weighted by Gasteiger charge is -2.12. The van der Waals surface area contributed by atoms with Crippen molar-refractivity contribution in [2.75, 3.05) is 32.5 Å². The first-order chi connectivity index (χ1) is 9.18. The van der Waals surface area contributed by atoms with Crippen LogP contribution in [-0.4, -0.2) is 37.1 Å². The molecule has 104 valence electrons. The fourth-order valence-corrected chi connectivity index (χ4v) is 1.90.